The van der Waals surface area contributed by atoms with Crippen molar-refractivity contribution in [1.82, 2.24) is 4.90 Å². The van der Waals surface area contributed by atoms with Crippen LogP contribution in [0.3, 0.4) is 0 Å². The van der Waals surface area contributed by atoms with E-state index in [9.17, 15) is 18.0 Å². The van der Waals surface area contributed by atoms with E-state index < -0.39 is 29.1 Å². The van der Waals surface area contributed by atoms with Gasteiger partial charge in [-0.1, -0.05) is 13.0 Å². The van der Waals surface area contributed by atoms with Crippen molar-refractivity contribution in [3.63, 3.8) is 0 Å². The molecule has 1 aromatic rings. The molecule has 1 atom stereocenters. The summed E-state index contributed by atoms with van der Waals surface area (Å²) in [6, 6.07) is 1.77. The summed E-state index contributed by atoms with van der Waals surface area (Å²) in [6.45, 7) is 7.52. The summed E-state index contributed by atoms with van der Waals surface area (Å²) in [4.78, 5) is 13.7. The zero-order valence-corrected chi connectivity index (χ0v) is 13.6. The Balaban J connectivity index is 2.39. The number of benzene rings is 1. The van der Waals surface area contributed by atoms with E-state index in [2.05, 4.69) is 0 Å². The molecule has 126 valence electrons. The Labute approximate surface area is 133 Å². The summed E-state index contributed by atoms with van der Waals surface area (Å²) in [5, 5.41) is 0. The summed E-state index contributed by atoms with van der Waals surface area (Å²) >= 11 is 0. The molecule has 1 amide bonds. The molecule has 0 aliphatic carbocycles. The van der Waals surface area contributed by atoms with Gasteiger partial charge in [0, 0.05) is 12.1 Å². The lowest BCUT2D eigenvalue weighted by Gasteiger charge is -2.34. The smallest absolute Gasteiger partial charge is 0.414 e. The number of carbonyl (C=O) groups excluding carboxylic acids is 1. The highest BCUT2D eigenvalue weighted by atomic mass is 19.2. The summed E-state index contributed by atoms with van der Waals surface area (Å²) in [5.41, 5.74) is -0.253. The Bertz CT molecular complexity index is 627. The van der Waals surface area contributed by atoms with Crippen molar-refractivity contribution in [2.24, 2.45) is 5.92 Å². The molecule has 3 nitrogen and oxygen atoms in total. The van der Waals surface area contributed by atoms with E-state index in [-0.39, 0.29) is 11.5 Å². The van der Waals surface area contributed by atoms with E-state index in [0.29, 0.717) is 18.7 Å². The Hall–Kier alpha value is -1.98. The van der Waals surface area contributed by atoms with Crippen molar-refractivity contribution in [2.75, 3.05) is 6.54 Å². The first kappa shape index (κ1) is 17.4. The monoisotopic (exact) mass is 327 g/mol. The van der Waals surface area contributed by atoms with Gasteiger partial charge in [0.15, 0.2) is 17.5 Å². The molecule has 0 saturated carbocycles. The first-order valence-corrected chi connectivity index (χ1v) is 7.44. The number of carbonyl (C=O) groups is 1. The van der Waals surface area contributed by atoms with E-state index >= 15 is 0 Å². The van der Waals surface area contributed by atoms with Gasteiger partial charge in [0.05, 0.1) is 5.70 Å². The standard InChI is InChI=1S/C17H20F3NO2/c1-10-5-6-14(11-7-12(18)15(20)13(19)8-11)21(9-10)16(22)23-17(2,3)4/h6-8,10H,5,9H2,1-4H3/t10-/m0/s1. The molecule has 1 aliphatic rings. The molecular formula is C17H20F3NO2. The van der Waals surface area contributed by atoms with Gasteiger partial charge in [-0.25, -0.2) is 18.0 Å². The van der Waals surface area contributed by atoms with Crippen LogP contribution in [0.4, 0.5) is 18.0 Å². The zero-order valence-electron chi connectivity index (χ0n) is 13.6. The van der Waals surface area contributed by atoms with Crippen molar-refractivity contribution in [3.05, 3.63) is 41.2 Å². The van der Waals surface area contributed by atoms with Crippen LogP contribution >= 0.6 is 0 Å². The van der Waals surface area contributed by atoms with Crippen LogP contribution < -0.4 is 0 Å². The molecule has 23 heavy (non-hydrogen) atoms. The number of rotatable bonds is 1. The molecule has 0 radical (unpaired) electrons. The van der Waals surface area contributed by atoms with Crippen LogP contribution in [-0.2, 0) is 4.74 Å². The molecule has 0 aromatic heterocycles. The van der Waals surface area contributed by atoms with E-state index in [1.165, 1.54) is 4.90 Å². The Morgan fingerprint density at radius 2 is 1.78 bits per heavy atom. The maximum absolute atomic E-state index is 13.5. The van der Waals surface area contributed by atoms with Crippen LogP contribution in [0, 0.1) is 23.4 Å². The maximum Gasteiger partial charge on any atom is 0.414 e. The third kappa shape index (κ3) is 4.06. The lowest BCUT2D eigenvalue weighted by atomic mass is 9.98. The van der Waals surface area contributed by atoms with Crippen LogP contribution in [0.1, 0.15) is 39.7 Å². The molecule has 1 heterocycles. The molecule has 0 fully saturated rings. The fraction of sp³-hybridized carbons (Fsp3) is 0.471. The topological polar surface area (TPSA) is 29.5 Å². The minimum absolute atomic E-state index is 0.110. The van der Waals surface area contributed by atoms with Gasteiger partial charge in [-0.3, -0.25) is 4.90 Å². The number of ether oxygens (including phenoxy) is 1. The molecule has 0 unspecified atom stereocenters. The second kappa shape index (κ2) is 6.26. The molecule has 0 saturated heterocycles. The average Bonchev–Trinajstić information content (AvgIpc) is 2.42. The number of allylic oxidation sites excluding steroid dienone is 1. The SMILES string of the molecule is C[C@H]1CC=C(c2cc(F)c(F)c(F)c2)N(C(=O)OC(C)(C)C)C1. The van der Waals surface area contributed by atoms with Crippen molar-refractivity contribution >= 4 is 11.8 Å². The van der Waals surface area contributed by atoms with Gasteiger partial charge in [-0.05, 0) is 45.2 Å². The van der Waals surface area contributed by atoms with Gasteiger partial charge in [-0.2, -0.15) is 0 Å². The third-order valence-corrected chi connectivity index (χ3v) is 3.39. The van der Waals surface area contributed by atoms with Crippen molar-refractivity contribution in [2.45, 2.75) is 39.7 Å². The molecule has 0 spiro atoms. The van der Waals surface area contributed by atoms with E-state index in [4.69, 9.17) is 4.74 Å². The summed E-state index contributed by atoms with van der Waals surface area (Å²) in [5.74, 6) is -3.92. The van der Waals surface area contributed by atoms with Gasteiger partial charge in [0.25, 0.3) is 0 Å². The Kier molecular flexibility index (Phi) is 4.73. The highest BCUT2D eigenvalue weighted by Gasteiger charge is 2.30. The quantitative estimate of drug-likeness (QED) is 0.698. The predicted octanol–water partition coefficient (Wildman–Crippen LogP) is 4.72. The largest absolute Gasteiger partial charge is 0.443 e. The number of amides is 1. The maximum atomic E-state index is 13.5. The second-order valence-electron chi connectivity index (χ2n) is 6.78. The van der Waals surface area contributed by atoms with Crippen LogP contribution in [0.15, 0.2) is 18.2 Å². The first-order chi connectivity index (χ1) is 10.6. The van der Waals surface area contributed by atoms with Gasteiger partial charge < -0.3 is 4.74 Å². The number of hydrogen-bond acceptors (Lipinski definition) is 2. The number of nitrogens with zero attached hydrogens (tertiary/aromatic N) is 1. The average molecular weight is 327 g/mol. The van der Waals surface area contributed by atoms with Crippen LogP contribution in [0.2, 0.25) is 0 Å². The van der Waals surface area contributed by atoms with E-state index in [1.807, 2.05) is 6.92 Å². The third-order valence-electron chi connectivity index (χ3n) is 3.39. The number of halogens is 3. The van der Waals surface area contributed by atoms with Crippen molar-refractivity contribution in [3.8, 4) is 0 Å². The fourth-order valence-electron chi connectivity index (χ4n) is 2.37. The van der Waals surface area contributed by atoms with Gasteiger partial charge in [0.2, 0.25) is 0 Å². The molecule has 2 rings (SSSR count). The molecular weight excluding hydrogens is 307 g/mol. The van der Waals surface area contributed by atoms with Gasteiger partial charge in [-0.15, -0.1) is 0 Å². The lowest BCUT2D eigenvalue weighted by molar-refractivity contribution is 0.0327. The highest BCUT2D eigenvalue weighted by molar-refractivity contribution is 5.83. The van der Waals surface area contributed by atoms with Crippen molar-refractivity contribution in [1.29, 1.82) is 0 Å². The summed E-state index contributed by atoms with van der Waals surface area (Å²) < 4.78 is 45.5. The molecule has 0 N–H and O–H groups in total. The van der Waals surface area contributed by atoms with Crippen LogP contribution in [0.5, 0.6) is 0 Å². The lowest BCUT2D eigenvalue weighted by Crippen LogP contribution is -2.39. The van der Waals surface area contributed by atoms with Gasteiger partial charge in [0.1, 0.15) is 5.60 Å². The highest BCUT2D eigenvalue weighted by Crippen LogP contribution is 2.30. The minimum atomic E-state index is -1.53. The molecule has 0 bridgehead atoms. The minimum Gasteiger partial charge on any atom is -0.443 e. The fourth-order valence-corrected chi connectivity index (χ4v) is 2.37. The Morgan fingerprint density at radius 1 is 1.22 bits per heavy atom. The van der Waals surface area contributed by atoms with E-state index in [1.54, 1.807) is 26.8 Å². The number of hydrogen-bond donors (Lipinski definition) is 0. The molecule has 6 heteroatoms. The van der Waals surface area contributed by atoms with E-state index in [0.717, 1.165) is 12.1 Å². The van der Waals surface area contributed by atoms with Gasteiger partial charge >= 0.3 is 6.09 Å². The Morgan fingerprint density at radius 3 is 2.30 bits per heavy atom. The predicted molar refractivity (Wildman–Crippen MR) is 81.0 cm³/mol. The normalized spacial score (nSPS) is 18.7. The van der Waals surface area contributed by atoms with Crippen LogP contribution in [0.25, 0.3) is 5.70 Å². The molecule has 1 aliphatic heterocycles. The van der Waals surface area contributed by atoms with Crippen molar-refractivity contribution < 1.29 is 22.7 Å². The van der Waals surface area contributed by atoms with Crippen LogP contribution in [-0.4, -0.2) is 23.1 Å². The summed E-state index contributed by atoms with van der Waals surface area (Å²) in [7, 11) is 0. The summed E-state index contributed by atoms with van der Waals surface area (Å²) in [6.07, 6.45) is 1.76. The second-order valence-corrected chi connectivity index (χ2v) is 6.78. The zero-order chi connectivity index (χ0) is 17.4. The molecule has 1 aromatic carbocycles. The first-order valence-electron chi connectivity index (χ1n) is 7.44.